The SMILES string of the molecule is COc1ccccc1C(=O)NC(C(=O)N1C[C@H](C(=O)O)[C@@H](C2CC2)C1)C(C)C. The van der Waals surface area contributed by atoms with Gasteiger partial charge in [-0.3, -0.25) is 14.4 Å². The highest BCUT2D eigenvalue weighted by Crippen LogP contribution is 2.44. The third-order valence-electron chi connectivity index (χ3n) is 5.79. The van der Waals surface area contributed by atoms with Crippen molar-refractivity contribution in [2.24, 2.45) is 23.7 Å². The number of aliphatic carboxylic acids is 1. The molecule has 0 spiro atoms. The second kappa shape index (κ2) is 8.20. The molecule has 1 saturated carbocycles. The lowest BCUT2D eigenvalue weighted by molar-refractivity contribution is -0.142. The summed E-state index contributed by atoms with van der Waals surface area (Å²) in [6.07, 6.45) is 2.07. The quantitative estimate of drug-likeness (QED) is 0.745. The van der Waals surface area contributed by atoms with Gasteiger partial charge >= 0.3 is 5.97 Å². The molecule has 1 aliphatic heterocycles. The zero-order valence-electron chi connectivity index (χ0n) is 16.6. The van der Waals surface area contributed by atoms with Crippen LogP contribution in [0.4, 0.5) is 0 Å². The van der Waals surface area contributed by atoms with Crippen LogP contribution in [-0.2, 0) is 9.59 Å². The maximum Gasteiger partial charge on any atom is 0.308 e. The highest BCUT2D eigenvalue weighted by molar-refractivity contribution is 5.99. The monoisotopic (exact) mass is 388 g/mol. The Morgan fingerprint density at radius 3 is 2.43 bits per heavy atom. The summed E-state index contributed by atoms with van der Waals surface area (Å²) in [6, 6.07) is 6.13. The van der Waals surface area contributed by atoms with Crippen LogP contribution in [0.15, 0.2) is 24.3 Å². The number of nitrogens with one attached hydrogen (secondary N) is 1. The average molecular weight is 388 g/mol. The van der Waals surface area contributed by atoms with Crippen LogP contribution >= 0.6 is 0 Å². The van der Waals surface area contributed by atoms with Gasteiger partial charge in [0.15, 0.2) is 0 Å². The Bertz CT molecular complexity index is 759. The van der Waals surface area contributed by atoms with E-state index in [0.717, 1.165) is 12.8 Å². The normalized spacial score (nSPS) is 22.8. The van der Waals surface area contributed by atoms with Gasteiger partial charge in [-0.25, -0.2) is 0 Å². The van der Waals surface area contributed by atoms with E-state index in [1.54, 1.807) is 29.2 Å². The number of nitrogens with zero attached hydrogens (tertiary/aromatic N) is 1. The number of rotatable bonds is 7. The van der Waals surface area contributed by atoms with Crippen LogP contribution in [0.5, 0.6) is 5.75 Å². The van der Waals surface area contributed by atoms with Crippen LogP contribution in [0.25, 0.3) is 0 Å². The number of carbonyl (C=O) groups is 3. The van der Waals surface area contributed by atoms with Crippen molar-refractivity contribution in [2.75, 3.05) is 20.2 Å². The molecule has 1 aliphatic carbocycles. The molecule has 2 aliphatic rings. The van der Waals surface area contributed by atoms with Crippen LogP contribution in [0.3, 0.4) is 0 Å². The van der Waals surface area contributed by atoms with E-state index in [0.29, 0.717) is 23.8 Å². The molecular weight excluding hydrogens is 360 g/mol. The number of para-hydroxylation sites is 1. The molecule has 3 rings (SSSR count). The number of carboxylic acid groups (broad SMARTS) is 1. The van der Waals surface area contributed by atoms with Crippen LogP contribution in [0.1, 0.15) is 37.0 Å². The molecule has 0 radical (unpaired) electrons. The third-order valence-corrected chi connectivity index (χ3v) is 5.79. The molecule has 7 heteroatoms. The third kappa shape index (κ3) is 4.13. The minimum Gasteiger partial charge on any atom is -0.496 e. The molecule has 0 aromatic heterocycles. The summed E-state index contributed by atoms with van der Waals surface area (Å²) < 4.78 is 5.24. The second-order valence-corrected chi connectivity index (χ2v) is 8.08. The summed E-state index contributed by atoms with van der Waals surface area (Å²) in [5.74, 6) is -1.23. The topological polar surface area (TPSA) is 95.9 Å². The van der Waals surface area contributed by atoms with Gasteiger partial charge < -0.3 is 20.1 Å². The molecular formula is C21H28N2O5. The number of amides is 2. The van der Waals surface area contributed by atoms with E-state index >= 15 is 0 Å². The number of benzene rings is 1. The Kier molecular flexibility index (Phi) is 5.91. The van der Waals surface area contributed by atoms with Gasteiger partial charge in [-0.05, 0) is 42.7 Å². The molecule has 0 bridgehead atoms. The van der Waals surface area contributed by atoms with E-state index < -0.39 is 17.9 Å². The summed E-state index contributed by atoms with van der Waals surface area (Å²) in [6.45, 7) is 4.40. The molecule has 28 heavy (non-hydrogen) atoms. The Morgan fingerprint density at radius 1 is 1.18 bits per heavy atom. The molecule has 3 atom stereocenters. The smallest absolute Gasteiger partial charge is 0.308 e. The molecule has 1 heterocycles. The molecule has 2 N–H and O–H groups in total. The van der Waals surface area contributed by atoms with Crippen molar-refractivity contribution < 1.29 is 24.2 Å². The number of methoxy groups -OCH3 is 1. The Morgan fingerprint density at radius 2 is 1.86 bits per heavy atom. The van der Waals surface area contributed by atoms with E-state index in [-0.39, 0.29) is 30.2 Å². The van der Waals surface area contributed by atoms with E-state index in [9.17, 15) is 19.5 Å². The lowest BCUT2D eigenvalue weighted by Crippen LogP contribution is -2.51. The maximum atomic E-state index is 13.2. The lowest BCUT2D eigenvalue weighted by Gasteiger charge is -2.27. The molecule has 2 fully saturated rings. The summed E-state index contributed by atoms with van der Waals surface area (Å²) in [5, 5.41) is 12.4. The molecule has 152 valence electrons. The second-order valence-electron chi connectivity index (χ2n) is 8.08. The zero-order valence-corrected chi connectivity index (χ0v) is 16.6. The Balaban J connectivity index is 1.74. The predicted molar refractivity (Wildman–Crippen MR) is 103 cm³/mol. The fourth-order valence-corrected chi connectivity index (χ4v) is 4.03. The summed E-state index contributed by atoms with van der Waals surface area (Å²) in [7, 11) is 1.49. The van der Waals surface area contributed by atoms with Gasteiger partial charge in [0.25, 0.3) is 5.91 Å². The summed E-state index contributed by atoms with van der Waals surface area (Å²) in [5.41, 5.74) is 0.365. The zero-order chi connectivity index (χ0) is 20.4. The van der Waals surface area contributed by atoms with Crippen LogP contribution in [-0.4, -0.2) is 54.0 Å². The molecule has 2 amide bonds. The molecule has 7 nitrogen and oxygen atoms in total. The van der Waals surface area contributed by atoms with Crippen LogP contribution < -0.4 is 10.1 Å². The number of carboxylic acids is 1. The van der Waals surface area contributed by atoms with Crippen LogP contribution in [0.2, 0.25) is 0 Å². The lowest BCUT2D eigenvalue weighted by atomic mass is 9.92. The van der Waals surface area contributed by atoms with Gasteiger partial charge in [-0.2, -0.15) is 0 Å². The largest absolute Gasteiger partial charge is 0.496 e. The van der Waals surface area contributed by atoms with Crippen molar-refractivity contribution in [3.63, 3.8) is 0 Å². The van der Waals surface area contributed by atoms with E-state index in [2.05, 4.69) is 5.32 Å². The van der Waals surface area contributed by atoms with Crippen molar-refractivity contribution in [3.8, 4) is 5.75 Å². The van der Waals surface area contributed by atoms with Crippen molar-refractivity contribution in [3.05, 3.63) is 29.8 Å². The van der Waals surface area contributed by atoms with Crippen molar-refractivity contribution in [1.82, 2.24) is 10.2 Å². The number of carbonyl (C=O) groups excluding carboxylic acids is 2. The highest BCUT2D eigenvalue weighted by atomic mass is 16.5. The summed E-state index contributed by atoms with van der Waals surface area (Å²) >= 11 is 0. The van der Waals surface area contributed by atoms with Gasteiger partial charge in [0.2, 0.25) is 5.91 Å². The van der Waals surface area contributed by atoms with E-state index in [4.69, 9.17) is 4.74 Å². The predicted octanol–water partition coefficient (Wildman–Crippen LogP) is 2.02. The average Bonchev–Trinajstić information content (AvgIpc) is 3.42. The van der Waals surface area contributed by atoms with E-state index in [1.165, 1.54) is 7.11 Å². The Hall–Kier alpha value is -2.57. The Labute approximate surface area is 165 Å². The van der Waals surface area contributed by atoms with Gasteiger partial charge in [0.05, 0.1) is 18.6 Å². The van der Waals surface area contributed by atoms with Gasteiger partial charge in [0, 0.05) is 13.1 Å². The minimum absolute atomic E-state index is 0.0131. The van der Waals surface area contributed by atoms with E-state index in [1.807, 2.05) is 13.8 Å². The fraction of sp³-hybridized carbons (Fsp3) is 0.571. The van der Waals surface area contributed by atoms with Crippen molar-refractivity contribution in [1.29, 1.82) is 0 Å². The molecule has 1 aromatic carbocycles. The van der Waals surface area contributed by atoms with Gasteiger partial charge in [-0.1, -0.05) is 26.0 Å². The van der Waals surface area contributed by atoms with Crippen molar-refractivity contribution >= 4 is 17.8 Å². The van der Waals surface area contributed by atoms with Crippen molar-refractivity contribution in [2.45, 2.75) is 32.7 Å². The summed E-state index contributed by atoms with van der Waals surface area (Å²) in [4.78, 5) is 39.2. The minimum atomic E-state index is -0.841. The number of hydrogen-bond donors (Lipinski definition) is 2. The first-order valence-corrected chi connectivity index (χ1v) is 9.79. The fourth-order valence-electron chi connectivity index (χ4n) is 4.03. The first kappa shape index (κ1) is 20.2. The standard InChI is InChI=1S/C21H28N2O5/c1-12(2)18(22-19(24)14-6-4-5-7-17(14)28-3)20(25)23-10-15(13-8-9-13)16(11-23)21(26)27/h4-7,12-13,15-16,18H,8-11H2,1-3H3,(H,22,24)(H,26,27)/t15-,16+,18?/m1/s1. The van der Waals surface area contributed by atoms with Gasteiger partial charge in [-0.15, -0.1) is 0 Å². The highest BCUT2D eigenvalue weighted by Gasteiger charge is 2.48. The first-order valence-electron chi connectivity index (χ1n) is 9.79. The first-order chi connectivity index (χ1) is 13.3. The van der Waals surface area contributed by atoms with Gasteiger partial charge in [0.1, 0.15) is 11.8 Å². The molecule has 1 aromatic rings. The van der Waals surface area contributed by atoms with Crippen LogP contribution in [0, 0.1) is 23.7 Å². The molecule has 1 saturated heterocycles. The number of hydrogen-bond acceptors (Lipinski definition) is 4. The molecule has 1 unspecified atom stereocenters. The maximum absolute atomic E-state index is 13.2. The number of likely N-dealkylation sites (tertiary alicyclic amines) is 1. The number of ether oxygens (including phenoxy) is 1.